The van der Waals surface area contributed by atoms with Crippen molar-refractivity contribution in [1.82, 2.24) is 10.2 Å². The minimum absolute atomic E-state index is 0. The molecule has 3 rings (SSSR count). The van der Waals surface area contributed by atoms with Gasteiger partial charge in [0, 0.05) is 31.6 Å². The topological polar surface area (TPSA) is 67.6 Å². The van der Waals surface area contributed by atoms with Crippen molar-refractivity contribution in [2.75, 3.05) is 32.0 Å². The maximum absolute atomic E-state index is 12.9. The lowest BCUT2D eigenvalue weighted by molar-refractivity contribution is 0.0736. The summed E-state index contributed by atoms with van der Waals surface area (Å²) in [5.41, 5.74) is 6.69. The highest BCUT2D eigenvalue weighted by molar-refractivity contribution is 6.33. The quantitative estimate of drug-likeness (QED) is 0.588. The van der Waals surface area contributed by atoms with E-state index in [1.807, 2.05) is 6.92 Å². The van der Waals surface area contributed by atoms with E-state index in [1.165, 1.54) is 19.4 Å². The first kappa shape index (κ1) is 21.7. The van der Waals surface area contributed by atoms with E-state index in [-0.39, 0.29) is 31.0 Å². The van der Waals surface area contributed by atoms with Gasteiger partial charge < -0.3 is 20.7 Å². The summed E-state index contributed by atoms with van der Waals surface area (Å²) < 4.78 is 5.69. The summed E-state index contributed by atoms with van der Waals surface area (Å²) in [4.78, 5) is 15.4. The molecule has 148 valence electrons. The van der Waals surface area contributed by atoms with Crippen LogP contribution in [-0.4, -0.2) is 43.1 Å². The largest absolute Gasteiger partial charge is 0.480 e. The predicted octanol–water partition coefficient (Wildman–Crippen LogP) is 3.35. The molecule has 3 atom stereocenters. The lowest BCUT2D eigenvalue weighted by atomic mass is 9.85. The zero-order valence-electron chi connectivity index (χ0n) is 15.6. The monoisotopic (exact) mass is 411 g/mol. The Balaban J connectivity index is 0.00000261. The lowest BCUT2D eigenvalue weighted by Gasteiger charge is -2.42. The van der Waals surface area contributed by atoms with Crippen LogP contribution < -0.4 is 15.8 Å². The lowest BCUT2D eigenvalue weighted by Crippen LogP contribution is -2.53. The average Bonchev–Trinajstić information content (AvgIpc) is 2.64. The Morgan fingerprint density at radius 3 is 2.96 bits per heavy atom. The second kappa shape index (κ2) is 10.1. The summed E-state index contributed by atoms with van der Waals surface area (Å²) in [6.07, 6.45) is 4.12. The molecular formula is C20H27Cl2N3O2. The number of hydrogen-bond acceptors (Lipinski definition) is 4. The van der Waals surface area contributed by atoms with E-state index in [9.17, 15) is 4.79 Å². The van der Waals surface area contributed by atoms with Gasteiger partial charge in [-0.05, 0) is 37.8 Å². The number of carbonyl (C=O) groups is 1. The van der Waals surface area contributed by atoms with Crippen LogP contribution in [0.4, 0.5) is 5.69 Å². The van der Waals surface area contributed by atoms with Crippen LogP contribution in [0, 0.1) is 17.8 Å². The first-order valence-electron chi connectivity index (χ1n) is 9.29. The summed E-state index contributed by atoms with van der Waals surface area (Å²) in [6, 6.07) is 3.39. The van der Waals surface area contributed by atoms with Crippen LogP contribution in [0.1, 0.15) is 43.0 Å². The summed E-state index contributed by atoms with van der Waals surface area (Å²) in [7, 11) is 0. The Kier molecular flexibility index (Phi) is 8.09. The van der Waals surface area contributed by atoms with Crippen molar-refractivity contribution in [3.8, 4) is 17.6 Å². The maximum Gasteiger partial charge on any atom is 0.255 e. The van der Waals surface area contributed by atoms with Crippen molar-refractivity contribution in [2.24, 2.45) is 5.92 Å². The maximum atomic E-state index is 12.9. The summed E-state index contributed by atoms with van der Waals surface area (Å²) in [5, 5.41) is 3.55. The molecule has 1 aromatic carbocycles. The van der Waals surface area contributed by atoms with E-state index in [0.29, 0.717) is 27.9 Å². The molecular weight excluding hydrogens is 385 g/mol. The molecule has 2 bridgehead atoms. The van der Waals surface area contributed by atoms with Crippen LogP contribution in [-0.2, 0) is 0 Å². The first-order valence-corrected chi connectivity index (χ1v) is 9.67. The van der Waals surface area contributed by atoms with Gasteiger partial charge in [0.2, 0.25) is 0 Å². The number of fused-ring (bicyclic) bond motifs is 2. The number of benzene rings is 1. The molecule has 0 aliphatic carbocycles. The van der Waals surface area contributed by atoms with E-state index in [1.54, 1.807) is 12.1 Å². The van der Waals surface area contributed by atoms with E-state index in [2.05, 4.69) is 22.1 Å². The van der Waals surface area contributed by atoms with E-state index >= 15 is 0 Å². The normalized spacial score (nSPS) is 23.4. The molecule has 2 saturated heterocycles. The third kappa shape index (κ3) is 5.44. The Labute approximate surface area is 172 Å². The third-order valence-electron chi connectivity index (χ3n) is 5.13. The standard InChI is InChI=1S/C20H26ClN3O2.ClH/c1-2-3-4-10-26-19-12-17(22)16(21)11-15(19)20(25)23-18-7-9-24-8-5-6-14(18)13-24;/h11-12,14,18H,2,5-10,13,22H2,1H3,(H,23,25);1H/t14-,18?;/m0./s1. The number of anilines is 1. The van der Waals surface area contributed by atoms with E-state index in [0.717, 1.165) is 25.9 Å². The number of nitrogens with one attached hydrogen (secondary N) is 1. The molecule has 1 amide bonds. The fourth-order valence-electron chi connectivity index (χ4n) is 3.77. The second-order valence-electron chi connectivity index (χ2n) is 6.94. The molecule has 2 fully saturated rings. The van der Waals surface area contributed by atoms with Gasteiger partial charge in [-0.2, -0.15) is 0 Å². The van der Waals surface area contributed by atoms with E-state index in [4.69, 9.17) is 22.1 Å². The highest BCUT2D eigenvalue weighted by atomic mass is 35.5. The minimum Gasteiger partial charge on any atom is -0.480 e. The van der Waals surface area contributed by atoms with Gasteiger partial charge in [-0.25, -0.2) is 0 Å². The predicted molar refractivity (Wildman–Crippen MR) is 112 cm³/mol. The summed E-state index contributed by atoms with van der Waals surface area (Å²) in [5.74, 6) is 6.64. The van der Waals surface area contributed by atoms with Gasteiger partial charge in [0.05, 0.1) is 16.3 Å². The van der Waals surface area contributed by atoms with E-state index < -0.39 is 0 Å². The van der Waals surface area contributed by atoms with Gasteiger partial charge in [0.15, 0.2) is 0 Å². The van der Waals surface area contributed by atoms with Crippen LogP contribution in [0.3, 0.4) is 0 Å². The molecule has 5 nitrogen and oxygen atoms in total. The van der Waals surface area contributed by atoms with Crippen LogP contribution in [0.15, 0.2) is 12.1 Å². The number of nitrogens with two attached hydrogens (primary N) is 1. The Hall–Kier alpha value is -1.61. The van der Waals surface area contributed by atoms with Gasteiger partial charge in [-0.15, -0.1) is 18.3 Å². The molecule has 3 N–H and O–H groups in total. The van der Waals surface area contributed by atoms with Crippen LogP contribution in [0.25, 0.3) is 0 Å². The number of amides is 1. The summed E-state index contributed by atoms with van der Waals surface area (Å²) in [6.45, 7) is 5.49. The fraction of sp³-hybridized carbons (Fsp3) is 0.550. The van der Waals surface area contributed by atoms with Crippen LogP contribution >= 0.6 is 24.0 Å². The van der Waals surface area contributed by atoms with Crippen LogP contribution in [0.5, 0.6) is 5.75 Å². The zero-order chi connectivity index (χ0) is 18.5. The highest BCUT2D eigenvalue weighted by Crippen LogP contribution is 2.31. The average molecular weight is 412 g/mol. The fourth-order valence-corrected chi connectivity index (χ4v) is 3.94. The number of hydrogen-bond donors (Lipinski definition) is 2. The number of rotatable bonds is 4. The van der Waals surface area contributed by atoms with Gasteiger partial charge in [0.25, 0.3) is 5.91 Å². The zero-order valence-corrected chi connectivity index (χ0v) is 17.2. The molecule has 0 saturated carbocycles. The molecule has 0 aromatic heterocycles. The minimum atomic E-state index is -0.158. The van der Waals surface area contributed by atoms with Gasteiger partial charge in [0.1, 0.15) is 12.4 Å². The number of nitrogens with zero attached hydrogens (tertiary/aromatic N) is 1. The SMILES string of the molecule is CCC#CCOc1cc(N)c(Cl)cc1C(=O)NC1CCN2CCC[C@H]1C2.Cl. The number of nitrogen functional groups attached to an aromatic ring is 1. The molecule has 2 heterocycles. The Morgan fingerprint density at radius 2 is 2.19 bits per heavy atom. The molecule has 7 heteroatoms. The van der Waals surface area contributed by atoms with Crippen molar-refractivity contribution in [3.05, 3.63) is 22.7 Å². The van der Waals surface area contributed by atoms with Crippen molar-refractivity contribution >= 4 is 35.6 Å². The number of carbonyl (C=O) groups excluding carboxylic acids is 1. The van der Waals surface area contributed by atoms with Crippen LogP contribution in [0.2, 0.25) is 5.02 Å². The van der Waals surface area contributed by atoms with Gasteiger partial charge in [-0.1, -0.05) is 24.4 Å². The second-order valence-corrected chi connectivity index (χ2v) is 7.34. The number of halogens is 2. The number of piperidine rings is 2. The van der Waals surface area contributed by atoms with Crippen molar-refractivity contribution in [2.45, 2.75) is 38.6 Å². The van der Waals surface area contributed by atoms with Gasteiger partial charge in [-0.3, -0.25) is 4.79 Å². The molecule has 27 heavy (non-hydrogen) atoms. The third-order valence-corrected chi connectivity index (χ3v) is 5.46. The Bertz CT molecular complexity index is 730. The Morgan fingerprint density at radius 1 is 1.37 bits per heavy atom. The smallest absolute Gasteiger partial charge is 0.255 e. The molecule has 2 unspecified atom stereocenters. The van der Waals surface area contributed by atoms with Crippen molar-refractivity contribution < 1.29 is 9.53 Å². The molecule has 1 aromatic rings. The molecule has 0 radical (unpaired) electrons. The van der Waals surface area contributed by atoms with Crippen molar-refractivity contribution in [3.63, 3.8) is 0 Å². The first-order chi connectivity index (χ1) is 12.6. The molecule has 2 aliphatic heterocycles. The summed E-state index contributed by atoms with van der Waals surface area (Å²) >= 11 is 6.15. The molecule has 0 spiro atoms. The highest BCUT2D eigenvalue weighted by Gasteiger charge is 2.33. The van der Waals surface area contributed by atoms with Gasteiger partial charge >= 0.3 is 0 Å². The van der Waals surface area contributed by atoms with Crippen molar-refractivity contribution in [1.29, 1.82) is 0 Å². The molecule has 2 aliphatic rings. The number of ether oxygens (including phenoxy) is 1.